The summed E-state index contributed by atoms with van der Waals surface area (Å²) in [5.74, 6) is -1.40. The van der Waals surface area contributed by atoms with Crippen molar-refractivity contribution in [3.05, 3.63) is 69.5 Å². The average molecular weight is 496 g/mol. The van der Waals surface area contributed by atoms with E-state index in [2.05, 4.69) is 11.8 Å². The molecular weight excluding hydrogens is 472 g/mol. The molecule has 0 N–H and O–H groups in total. The number of aryl methyl sites for hydroxylation is 1. The largest absolute Gasteiger partial charge is 0.363 e. The third-order valence-electron chi connectivity index (χ3n) is 5.56. The molecule has 0 atom stereocenters. The SMILES string of the molecule is CCN1CCN(C2=C(Sc3ccc(C)cc3)C(=O)N(c3ccc(F)c(Cl)c3)C2=O)CC1.Cl. The number of piperazine rings is 1. The standard InChI is InChI=1S/C23H23ClFN3O2S.ClH/c1-3-26-10-12-27(13-11-26)20-21(31-17-7-4-15(2)5-8-17)23(30)28(22(20)29)16-6-9-19(25)18(24)14-16;/h4-9,14H,3,10-13H2,1-2H3;1H. The van der Waals surface area contributed by atoms with Gasteiger partial charge in [0.2, 0.25) is 0 Å². The van der Waals surface area contributed by atoms with Crippen LogP contribution < -0.4 is 4.90 Å². The molecule has 0 unspecified atom stereocenters. The zero-order chi connectivity index (χ0) is 22.1. The number of anilines is 1. The fourth-order valence-corrected chi connectivity index (χ4v) is 4.91. The van der Waals surface area contributed by atoms with Gasteiger partial charge < -0.3 is 9.80 Å². The van der Waals surface area contributed by atoms with E-state index in [0.29, 0.717) is 23.7 Å². The molecular formula is C23H24Cl2FN3O2S. The Morgan fingerprint density at radius 1 is 1.00 bits per heavy atom. The number of imide groups is 1. The van der Waals surface area contributed by atoms with Gasteiger partial charge in [-0.15, -0.1) is 12.4 Å². The van der Waals surface area contributed by atoms with Crippen molar-refractivity contribution in [2.75, 3.05) is 37.6 Å². The molecule has 4 rings (SSSR count). The molecule has 0 saturated carbocycles. The van der Waals surface area contributed by atoms with Crippen molar-refractivity contribution in [1.29, 1.82) is 0 Å². The van der Waals surface area contributed by atoms with Crippen molar-refractivity contribution in [2.45, 2.75) is 18.7 Å². The third kappa shape index (κ3) is 4.81. The first-order chi connectivity index (χ1) is 14.9. The monoisotopic (exact) mass is 495 g/mol. The molecule has 0 bridgehead atoms. The predicted molar refractivity (Wildman–Crippen MR) is 129 cm³/mol. The summed E-state index contributed by atoms with van der Waals surface area (Å²) in [5, 5.41) is -0.129. The molecule has 2 heterocycles. The summed E-state index contributed by atoms with van der Waals surface area (Å²) in [7, 11) is 0. The molecule has 2 amide bonds. The summed E-state index contributed by atoms with van der Waals surface area (Å²) >= 11 is 7.22. The van der Waals surface area contributed by atoms with Gasteiger partial charge in [-0.2, -0.15) is 0 Å². The smallest absolute Gasteiger partial charge is 0.283 e. The minimum absolute atomic E-state index is 0. The molecule has 0 spiro atoms. The number of rotatable bonds is 5. The summed E-state index contributed by atoms with van der Waals surface area (Å²) in [4.78, 5) is 33.5. The quantitative estimate of drug-likeness (QED) is 0.561. The van der Waals surface area contributed by atoms with Gasteiger partial charge in [-0.1, -0.05) is 48.0 Å². The van der Waals surface area contributed by atoms with Crippen LogP contribution in [-0.4, -0.2) is 54.3 Å². The Morgan fingerprint density at radius 3 is 2.25 bits per heavy atom. The summed E-state index contributed by atoms with van der Waals surface area (Å²) < 4.78 is 13.7. The maximum Gasteiger partial charge on any atom is 0.283 e. The summed E-state index contributed by atoms with van der Waals surface area (Å²) in [6.07, 6.45) is 0. The van der Waals surface area contributed by atoms with E-state index in [1.165, 1.54) is 30.0 Å². The number of carbonyl (C=O) groups is 2. The molecule has 2 aliphatic heterocycles. The molecule has 1 fully saturated rings. The number of hydrogen-bond acceptors (Lipinski definition) is 5. The lowest BCUT2D eigenvalue weighted by Gasteiger charge is -2.35. The van der Waals surface area contributed by atoms with Crippen LogP contribution in [0, 0.1) is 12.7 Å². The highest BCUT2D eigenvalue weighted by molar-refractivity contribution is 8.04. The molecule has 2 aliphatic rings. The van der Waals surface area contributed by atoms with Crippen LogP contribution in [0.1, 0.15) is 12.5 Å². The van der Waals surface area contributed by atoms with Crippen LogP contribution in [0.15, 0.2) is 58.0 Å². The lowest BCUT2D eigenvalue weighted by Crippen LogP contribution is -2.47. The van der Waals surface area contributed by atoms with Crippen LogP contribution in [0.25, 0.3) is 0 Å². The highest BCUT2D eigenvalue weighted by Gasteiger charge is 2.43. The zero-order valence-corrected chi connectivity index (χ0v) is 20.2. The lowest BCUT2D eigenvalue weighted by atomic mass is 10.2. The van der Waals surface area contributed by atoms with Gasteiger partial charge in [0.15, 0.2) is 0 Å². The Balaban J connectivity index is 0.00000289. The fraction of sp³-hybridized carbons (Fsp3) is 0.304. The van der Waals surface area contributed by atoms with E-state index >= 15 is 0 Å². The lowest BCUT2D eigenvalue weighted by molar-refractivity contribution is -0.121. The first-order valence-corrected chi connectivity index (χ1v) is 11.4. The van der Waals surface area contributed by atoms with Crippen molar-refractivity contribution in [3.63, 3.8) is 0 Å². The van der Waals surface area contributed by atoms with E-state index in [1.54, 1.807) is 0 Å². The molecule has 5 nitrogen and oxygen atoms in total. The Labute approximate surface area is 202 Å². The van der Waals surface area contributed by atoms with Crippen molar-refractivity contribution >= 4 is 53.3 Å². The predicted octanol–water partition coefficient (Wildman–Crippen LogP) is 4.72. The molecule has 0 aromatic heterocycles. The van der Waals surface area contributed by atoms with Crippen LogP contribution in [0.2, 0.25) is 5.02 Å². The second kappa shape index (κ2) is 10.3. The van der Waals surface area contributed by atoms with Crippen LogP contribution in [-0.2, 0) is 9.59 Å². The van der Waals surface area contributed by atoms with Crippen LogP contribution in [0.4, 0.5) is 10.1 Å². The topological polar surface area (TPSA) is 43.9 Å². The molecule has 170 valence electrons. The molecule has 2 aromatic carbocycles. The molecule has 0 aliphatic carbocycles. The second-order valence-corrected chi connectivity index (χ2v) is 9.05. The number of amides is 2. The fourth-order valence-electron chi connectivity index (χ4n) is 3.74. The van der Waals surface area contributed by atoms with Crippen LogP contribution >= 0.6 is 35.8 Å². The maximum atomic E-state index is 13.7. The summed E-state index contributed by atoms with van der Waals surface area (Å²) in [6, 6.07) is 11.7. The maximum absolute atomic E-state index is 13.7. The van der Waals surface area contributed by atoms with E-state index < -0.39 is 17.6 Å². The number of halogens is 3. The van der Waals surface area contributed by atoms with E-state index in [9.17, 15) is 14.0 Å². The van der Waals surface area contributed by atoms with Crippen LogP contribution in [0.5, 0.6) is 0 Å². The Bertz CT molecular complexity index is 1050. The Hall–Kier alpha value is -2.06. The van der Waals surface area contributed by atoms with E-state index in [-0.39, 0.29) is 23.1 Å². The first-order valence-electron chi connectivity index (χ1n) is 10.2. The van der Waals surface area contributed by atoms with E-state index in [0.717, 1.165) is 35.0 Å². The summed E-state index contributed by atoms with van der Waals surface area (Å²) in [5.41, 5.74) is 1.79. The minimum atomic E-state index is -0.595. The second-order valence-electron chi connectivity index (χ2n) is 7.56. The van der Waals surface area contributed by atoms with Gasteiger partial charge in [-0.05, 0) is 43.8 Å². The highest BCUT2D eigenvalue weighted by Crippen LogP contribution is 2.39. The van der Waals surface area contributed by atoms with Gasteiger partial charge in [0, 0.05) is 31.1 Å². The number of benzene rings is 2. The molecule has 2 aromatic rings. The normalized spacial score (nSPS) is 17.2. The Kier molecular flexibility index (Phi) is 7.88. The van der Waals surface area contributed by atoms with Gasteiger partial charge in [-0.25, -0.2) is 9.29 Å². The number of carbonyl (C=O) groups excluding carboxylic acids is 2. The molecule has 1 saturated heterocycles. The number of thioether (sulfide) groups is 1. The summed E-state index contributed by atoms with van der Waals surface area (Å²) in [6.45, 7) is 8.04. The molecule has 32 heavy (non-hydrogen) atoms. The van der Waals surface area contributed by atoms with Gasteiger partial charge >= 0.3 is 0 Å². The Morgan fingerprint density at radius 2 is 1.66 bits per heavy atom. The molecule has 9 heteroatoms. The van der Waals surface area contributed by atoms with Gasteiger partial charge in [0.05, 0.1) is 10.7 Å². The van der Waals surface area contributed by atoms with Crippen molar-refractivity contribution in [1.82, 2.24) is 9.80 Å². The van der Waals surface area contributed by atoms with Crippen molar-refractivity contribution < 1.29 is 14.0 Å². The number of likely N-dealkylation sites (N-methyl/N-ethyl adjacent to an activating group) is 1. The molecule has 0 radical (unpaired) electrons. The van der Waals surface area contributed by atoms with Gasteiger partial charge in [0.25, 0.3) is 11.8 Å². The van der Waals surface area contributed by atoms with Gasteiger partial charge in [0.1, 0.15) is 16.4 Å². The van der Waals surface area contributed by atoms with E-state index in [4.69, 9.17) is 11.6 Å². The first kappa shape index (κ1) is 24.6. The minimum Gasteiger partial charge on any atom is -0.363 e. The third-order valence-corrected chi connectivity index (χ3v) is 6.93. The zero-order valence-electron chi connectivity index (χ0n) is 17.8. The van der Waals surface area contributed by atoms with E-state index in [1.807, 2.05) is 36.1 Å². The number of nitrogens with zero attached hydrogens (tertiary/aromatic N) is 3. The van der Waals surface area contributed by atoms with Gasteiger partial charge in [-0.3, -0.25) is 9.59 Å². The van der Waals surface area contributed by atoms with Crippen molar-refractivity contribution in [2.24, 2.45) is 0 Å². The van der Waals surface area contributed by atoms with Crippen molar-refractivity contribution in [3.8, 4) is 0 Å². The average Bonchev–Trinajstić information content (AvgIpc) is 3.01. The highest BCUT2D eigenvalue weighted by atomic mass is 35.5. The van der Waals surface area contributed by atoms with Crippen LogP contribution in [0.3, 0.4) is 0 Å². The number of hydrogen-bond donors (Lipinski definition) is 0.